The second-order valence-electron chi connectivity index (χ2n) is 6.57. The van der Waals surface area contributed by atoms with E-state index in [1.165, 1.54) is 0 Å². The van der Waals surface area contributed by atoms with Crippen molar-refractivity contribution in [3.63, 3.8) is 0 Å². The van der Waals surface area contributed by atoms with E-state index in [1.54, 1.807) is 0 Å². The molecule has 0 aromatic carbocycles. The molecule has 2 aromatic rings. The molecule has 5 heteroatoms. The van der Waals surface area contributed by atoms with Gasteiger partial charge in [-0.15, -0.1) is 0 Å². The Labute approximate surface area is 123 Å². The van der Waals surface area contributed by atoms with Crippen molar-refractivity contribution < 1.29 is 9.59 Å². The number of imide groups is 1. The standard InChI is InChI=1S/C16H19N3O2/c1-16(2,3)11-5-4-8-19-9-12(17-14(11)19)10-6-7-13(20)18-15(10)21/h4-5,8-10H,6-7H2,1-3H3,(H,18,20,21). The SMILES string of the molecule is CC(C)(C)c1cccn2cc(C3CCC(=O)NC3=O)nc12. The van der Waals surface area contributed by atoms with Crippen molar-refractivity contribution in [3.05, 3.63) is 35.8 Å². The fourth-order valence-corrected chi connectivity index (χ4v) is 2.76. The van der Waals surface area contributed by atoms with Crippen molar-refractivity contribution in [1.82, 2.24) is 14.7 Å². The van der Waals surface area contributed by atoms with E-state index in [0.717, 1.165) is 16.9 Å². The molecule has 0 aliphatic carbocycles. The average molecular weight is 285 g/mol. The van der Waals surface area contributed by atoms with Crippen LogP contribution in [0.1, 0.15) is 50.8 Å². The van der Waals surface area contributed by atoms with Gasteiger partial charge in [0.25, 0.3) is 0 Å². The fraction of sp³-hybridized carbons (Fsp3) is 0.438. The van der Waals surface area contributed by atoms with E-state index in [-0.39, 0.29) is 23.1 Å². The third-order valence-electron chi connectivity index (χ3n) is 3.91. The number of hydrogen-bond acceptors (Lipinski definition) is 3. The van der Waals surface area contributed by atoms with Crippen LogP contribution in [0.3, 0.4) is 0 Å². The lowest BCUT2D eigenvalue weighted by molar-refractivity contribution is -0.134. The van der Waals surface area contributed by atoms with Crippen LogP contribution >= 0.6 is 0 Å². The van der Waals surface area contributed by atoms with Crippen molar-refractivity contribution in [2.24, 2.45) is 0 Å². The van der Waals surface area contributed by atoms with Crippen molar-refractivity contribution >= 4 is 17.5 Å². The molecule has 1 aliphatic heterocycles. The molecule has 3 heterocycles. The quantitative estimate of drug-likeness (QED) is 0.817. The summed E-state index contributed by atoms with van der Waals surface area (Å²) in [5, 5.41) is 2.39. The number of nitrogens with one attached hydrogen (secondary N) is 1. The van der Waals surface area contributed by atoms with Gasteiger partial charge in [-0.25, -0.2) is 4.98 Å². The van der Waals surface area contributed by atoms with Gasteiger partial charge in [0.15, 0.2) is 0 Å². The smallest absolute Gasteiger partial charge is 0.235 e. The minimum atomic E-state index is -0.338. The van der Waals surface area contributed by atoms with E-state index >= 15 is 0 Å². The second kappa shape index (κ2) is 4.69. The molecular formula is C16H19N3O2. The maximum absolute atomic E-state index is 12.0. The molecule has 5 nitrogen and oxygen atoms in total. The van der Waals surface area contributed by atoms with Gasteiger partial charge < -0.3 is 4.40 Å². The van der Waals surface area contributed by atoms with Crippen LogP contribution in [0.2, 0.25) is 0 Å². The summed E-state index contributed by atoms with van der Waals surface area (Å²) in [7, 11) is 0. The highest BCUT2D eigenvalue weighted by molar-refractivity contribution is 6.00. The number of rotatable bonds is 1. The van der Waals surface area contributed by atoms with Crippen LogP contribution in [0.25, 0.3) is 5.65 Å². The molecule has 3 rings (SSSR count). The van der Waals surface area contributed by atoms with Crippen LogP contribution in [0.5, 0.6) is 0 Å². The molecule has 1 N–H and O–H groups in total. The first-order chi connectivity index (χ1) is 9.86. The van der Waals surface area contributed by atoms with Crippen molar-refractivity contribution in [2.75, 3.05) is 0 Å². The predicted molar refractivity (Wildman–Crippen MR) is 79.0 cm³/mol. The monoisotopic (exact) mass is 285 g/mol. The van der Waals surface area contributed by atoms with Crippen LogP contribution in [-0.2, 0) is 15.0 Å². The Morgan fingerprint density at radius 2 is 2.10 bits per heavy atom. The topological polar surface area (TPSA) is 63.5 Å². The average Bonchev–Trinajstić information content (AvgIpc) is 2.80. The van der Waals surface area contributed by atoms with Gasteiger partial charge in [-0.3, -0.25) is 14.9 Å². The first kappa shape index (κ1) is 13.8. The number of carbonyl (C=O) groups is 2. The first-order valence-corrected chi connectivity index (χ1v) is 7.18. The van der Waals surface area contributed by atoms with Crippen molar-refractivity contribution in [1.29, 1.82) is 0 Å². The third-order valence-corrected chi connectivity index (χ3v) is 3.91. The number of aromatic nitrogens is 2. The van der Waals surface area contributed by atoms with E-state index in [4.69, 9.17) is 0 Å². The normalized spacial score (nSPS) is 19.9. The van der Waals surface area contributed by atoms with Gasteiger partial charge in [0.1, 0.15) is 5.65 Å². The molecule has 0 radical (unpaired) electrons. The van der Waals surface area contributed by atoms with Crippen molar-refractivity contribution in [2.45, 2.75) is 44.9 Å². The van der Waals surface area contributed by atoms with Crippen LogP contribution in [0.15, 0.2) is 24.5 Å². The van der Waals surface area contributed by atoms with E-state index in [2.05, 4.69) is 37.1 Å². The summed E-state index contributed by atoms with van der Waals surface area (Å²) >= 11 is 0. The Morgan fingerprint density at radius 1 is 1.33 bits per heavy atom. The maximum atomic E-state index is 12.0. The lowest BCUT2D eigenvalue weighted by Gasteiger charge is -2.19. The van der Waals surface area contributed by atoms with Crippen LogP contribution in [-0.4, -0.2) is 21.2 Å². The van der Waals surface area contributed by atoms with Gasteiger partial charge in [-0.2, -0.15) is 0 Å². The molecule has 21 heavy (non-hydrogen) atoms. The van der Waals surface area contributed by atoms with Crippen LogP contribution in [0, 0.1) is 0 Å². The molecule has 1 unspecified atom stereocenters. The van der Waals surface area contributed by atoms with Gasteiger partial charge in [-0.05, 0) is 17.9 Å². The molecule has 2 aromatic heterocycles. The minimum Gasteiger partial charge on any atom is -0.307 e. The molecular weight excluding hydrogens is 266 g/mol. The Bertz CT molecular complexity index is 725. The fourth-order valence-electron chi connectivity index (χ4n) is 2.76. The van der Waals surface area contributed by atoms with E-state index < -0.39 is 0 Å². The van der Waals surface area contributed by atoms with Crippen LogP contribution < -0.4 is 5.32 Å². The molecule has 0 saturated carbocycles. The zero-order valence-corrected chi connectivity index (χ0v) is 12.5. The van der Waals surface area contributed by atoms with Crippen molar-refractivity contribution in [3.8, 4) is 0 Å². The Kier molecular flexibility index (Phi) is 3.08. The number of fused-ring (bicyclic) bond motifs is 1. The molecule has 1 saturated heterocycles. The Hall–Kier alpha value is -2.17. The largest absolute Gasteiger partial charge is 0.307 e. The van der Waals surface area contributed by atoms with Gasteiger partial charge in [0.2, 0.25) is 11.8 Å². The van der Waals surface area contributed by atoms with Crippen LogP contribution in [0.4, 0.5) is 0 Å². The summed E-state index contributed by atoms with van der Waals surface area (Å²) in [5.74, 6) is -0.780. The third kappa shape index (κ3) is 2.44. The summed E-state index contributed by atoms with van der Waals surface area (Å²) in [5.41, 5.74) is 2.74. The summed E-state index contributed by atoms with van der Waals surface area (Å²) in [6.07, 6.45) is 4.73. The van der Waals surface area contributed by atoms with Gasteiger partial charge in [0, 0.05) is 24.4 Å². The number of imidazole rings is 1. The summed E-state index contributed by atoms with van der Waals surface area (Å²) < 4.78 is 1.96. The second-order valence-corrected chi connectivity index (χ2v) is 6.57. The zero-order valence-electron chi connectivity index (χ0n) is 12.5. The molecule has 1 fully saturated rings. The molecule has 1 atom stereocenters. The highest BCUT2D eigenvalue weighted by Gasteiger charge is 2.30. The summed E-state index contributed by atoms with van der Waals surface area (Å²) in [6, 6.07) is 4.06. The first-order valence-electron chi connectivity index (χ1n) is 7.18. The Morgan fingerprint density at radius 3 is 2.76 bits per heavy atom. The Balaban J connectivity index is 2.06. The number of carbonyl (C=O) groups excluding carboxylic acids is 2. The molecule has 0 spiro atoms. The summed E-state index contributed by atoms with van der Waals surface area (Å²) in [4.78, 5) is 27.9. The zero-order chi connectivity index (χ0) is 15.2. The number of pyridine rings is 1. The van der Waals surface area contributed by atoms with Gasteiger partial charge in [0.05, 0.1) is 11.6 Å². The highest BCUT2D eigenvalue weighted by atomic mass is 16.2. The molecule has 1 aliphatic rings. The van der Waals surface area contributed by atoms with E-state index in [0.29, 0.717) is 12.8 Å². The number of hydrogen-bond donors (Lipinski definition) is 1. The lowest BCUT2D eigenvalue weighted by atomic mass is 9.88. The molecule has 2 amide bonds. The number of piperidine rings is 1. The van der Waals surface area contributed by atoms with Gasteiger partial charge >= 0.3 is 0 Å². The maximum Gasteiger partial charge on any atom is 0.235 e. The van der Waals surface area contributed by atoms with E-state index in [1.807, 2.05) is 22.9 Å². The molecule has 0 bridgehead atoms. The lowest BCUT2D eigenvalue weighted by Crippen LogP contribution is -2.39. The molecule has 110 valence electrons. The number of amides is 2. The summed E-state index contributed by atoms with van der Waals surface area (Å²) in [6.45, 7) is 6.42. The van der Waals surface area contributed by atoms with Gasteiger partial charge in [-0.1, -0.05) is 26.8 Å². The van der Waals surface area contributed by atoms with E-state index in [9.17, 15) is 9.59 Å². The number of nitrogens with zero attached hydrogens (tertiary/aromatic N) is 2. The predicted octanol–water partition coefficient (Wildman–Crippen LogP) is 2.15. The highest BCUT2D eigenvalue weighted by Crippen LogP contribution is 2.29. The minimum absolute atomic E-state index is 0.0179.